The Morgan fingerprint density at radius 1 is 1.50 bits per heavy atom. The Balaban J connectivity index is 2.16. The van der Waals surface area contributed by atoms with E-state index in [-0.39, 0.29) is 6.61 Å². The Bertz CT molecular complexity index is 366. The highest BCUT2D eigenvalue weighted by Gasteiger charge is 2.24. The normalized spacial score (nSPS) is 15.2. The monoisotopic (exact) mass is 240 g/mol. The minimum Gasteiger partial charge on any atom is -0.390 e. The first kappa shape index (κ1) is 11.7. The molecule has 1 aromatic rings. The molecule has 1 fully saturated rings. The van der Waals surface area contributed by atoms with Crippen molar-refractivity contribution in [1.29, 1.82) is 0 Å². The predicted molar refractivity (Wildman–Crippen MR) is 65.8 cm³/mol. The Kier molecular flexibility index (Phi) is 3.66. The number of hydrogen-bond donors (Lipinski definition) is 1. The summed E-state index contributed by atoms with van der Waals surface area (Å²) in [6, 6.07) is 3.73. The van der Waals surface area contributed by atoms with Crippen molar-refractivity contribution in [2.75, 3.05) is 18.0 Å². The van der Waals surface area contributed by atoms with Crippen LogP contribution in [-0.2, 0) is 6.61 Å². The Morgan fingerprint density at radius 3 is 2.81 bits per heavy atom. The fraction of sp³-hybridized carbons (Fsp3) is 0.583. The molecule has 0 saturated heterocycles. The Labute approximate surface area is 101 Å². The van der Waals surface area contributed by atoms with Crippen molar-refractivity contribution < 1.29 is 5.11 Å². The quantitative estimate of drug-likeness (QED) is 0.859. The molecule has 4 heteroatoms. The van der Waals surface area contributed by atoms with Crippen LogP contribution >= 0.6 is 11.6 Å². The maximum atomic E-state index is 9.13. The second kappa shape index (κ2) is 5.02. The lowest BCUT2D eigenvalue weighted by Crippen LogP contribution is -2.26. The van der Waals surface area contributed by atoms with Gasteiger partial charge in [0.25, 0.3) is 0 Å². The van der Waals surface area contributed by atoms with Gasteiger partial charge in [0.2, 0.25) is 0 Å². The van der Waals surface area contributed by atoms with Crippen LogP contribution in [0.1, 0.15) is 25.5 Å². The maximum absolute atomic E-state index is 9.13. The third-order valence-electron chi connectivity index (χ3n) is 2.93. The second-order valence-corrected chi connectivity index (χ2v) is 4.65. The summed E-state index contributed by atoms with van der Waals surface area (Å²) in [5.74, 6) is 1.75. The van der Waals surface area contributed by atoms with Gasteiger partial charge in [-0.2, -0.15) is 0 Å². The number of aromatic nitrogens is 1. The lowest BCUT2D eigenvalue weighted by molar-refractivity contribution is 0.277. The van der Waals surface area contributed by atoms with E-state index in [1.54, 1.807) is 0 Å². The van der Waals surface area contributed by atoms with E-state index >= 15 is 0 Å². The molecule has 1 aliphatic rings. The van der Waals surface area contributed by atoms with Gasteiger partial charge in [0, 0.05) is 13.1 Å². The molecule has 1 N–H and O–H groups in total. The fourth-order valence-corrected chi connectivity index (χ4v) is 1.92. The van der Waals surface area contributed by atoms with E-state index < -0.39 is 0 Å². The fourth-order valence-electron chi connectivity index (χ4n) is 1.76. The number of hydrogen-bond acceptors (Lipinski definition) is 3. The lowest BCUT2D eigenvalue weighted by Gasteiger charge is -2.22. The molecule has 0 bridgehead atoms. The molecule has 3 nitrogen and oxygen atoms in total. The highest BCUT2D eigenvalue weighted by atomic mass is 35.5. The molecule has 0 aromatic carbocycles. The minimum atomic E-state index is -0.104. The number of halogens is 1. The maximum Gasteiger partial charge on any atom is 0.129 e. The number of pyridine rings is 1. The van der Waals surface area contributed by atoms with Crippen LogP contribution in [0.2, 0.25) is 5.02 Å². The number of rotatable bonds is 5. The molecule has 0 amide bonds. The summed E-state index contributed by atoms with van der Waals surface area (Å²) < 4.78 is 0. The summed E-state index contributed by atoms with van der Waals surface area (Å²) in [7, 11) is 0. The zero-order valence-corrected chi connectivity index (χ0v) is 10.2. The van der Waals surface area contributed by atoms with E-state index in [4.69, 9.17) is 16.7 Å². The zero-order valence-electron chi connectivity index (χ0n) is 9.49. The van der Waals surface area contributed by atoms with Crippen LogP contribution in [0.15, 0.2) is 12.1 Å². The molecule has 0 atom stereocenters. The second-order valence-electron chi connectivity index (χ2n) is 4.24. The van der Waals surface area contributed by atoms with Gasteiger partial charge in [-0.1, -0.05) is 11.6 Å². The van der Waals surface area contributed by atoms with Crippen molar-refractivity contribution in [2.24, 2.45) is 5.92 Å². The first-order valence-corrected chi connectivity index (χ1v) is 6.13. The van der Waals surface area contributed by atoms with Crippen molar-refractivity contribution in [3.8, 4) is 0 Å². The minimum absolute atomic E-state index is 0.104. The summed E-state index contributed by atoms with van der Waals surface area (Å²) in [6.07, 6.45) is 2.66. The van der Waals surface area contributed by atoms with Crippen molar-refractivity contribution in [1.82, 2.24) is 4.98 Å². The molecule has 1 aromatic heterocycles. The molecule has 1 heterocycles. The molecule has 1 saturated carbocycles. The summed E-state index contributed by atoms with van der Waals surface area (Å²) in [6.45, 7) is 4.02. The standard InChI is InChI=1S/C12H17ClN2O/c1-2-15(7-9-3-4-9)12-6-5-10(13)11(8-16)14-12/h5-6,9,16H,2-4,7-8H2,1H3. The third kappa shape index (κ3) is 2.66. The van der Waals surface area contributed by atoms with E-state index in [0.29, 0.717) is 10.7 Å². The summed E-state index contributed by atoms with van der Waals surface area (Å²) >= 11 is 5.92. The van der Waals surface area contributed by atoms with Gasteiger partial charge in [-0.05, 0) is 37.8 Å². The highest BCUT2D eigenvalue weighted by molar-refractivity contribution is 6.31. The van der Waals surface area contributed by atoms with Gasteiger partial charge in [0.1, 0.15) is 5.82 Å². The van der Waals surface area contributed by atoms with Gasteiger partial charge in [0.05, 0.1) is 17.3 Å². The average molecular weight is 241 g/mol. The van der Waals surface area contributed by atoms with Gasteiger partial charge in [0.15, 0.2) is 0 Å². The smallest absolute Gasteiger partial charge is 0.129 e. The predicted octanol–water partition coefficient (Wildman–Crippen LogP) is 2.46. The van der Waals surface area contributed by atoms with Gasteiger partial charge < -0.3 is 10.0 Å². The highest BCUT2D eigenvalue weighted by Crippen LogP contribution is 2.31. The number of aliphatic hydroxyl groups excluding tert-OH is 1. The molecule has 1 aliphatic carbocycles. The van der Waals surface area contributed by atoms with E-state index in [0.717, 1.165) is 24.8 Å². The molecule has 88 valence electrons. The molecule has 0 aliphatic heterocycles. The first-order valence-electron chi connectivity index (χ1n) is 5.75. The van der Waals surface area contributed by atoms with Crippen molar-refractivity contribution in [3.63, 3.8) is 0 Å². The Morgan fingerprint density at radius 2 is 2.25 bits per heavy atom. The SMILES string of the molecule is CCN(CC1CC1)c1ccc(Cl)c(CO)n1. The average Bonchev–Trinajstić information content (AvgIpc) is 3.11. The van der Waals surface area contributed by atoms with Crippen LogP contribution in [0.3, 0.4) is 0 Å². The van der Waals surface area contributed by atoms with E-state index in [1.807, 2.05) is 12.1 Å². The largest absolute Gasteiger partial charge is 0.390 e. The molecule has 0 radical (unpaired) electrons. The van der Waals surface area contributed by atoms with Crippen molar-refractivity contribution in [3.05, 3.63) is 22.8 Å². The number of nitrogens with zero attached hydrogens (tertiary/aromatic N) is 2. The van der Waals surface area contributed by atoms with Gasteiger partial charge >= 0.3 is 0 Å². The number of anilines is 1. The molecular formula is C12H17ClN2O. The van der Waals surface area contributed by atoms with Crippen LogP contribution in [0, 0.1) is 5.92 Å². The van der Waals surface area contributed by atoms with Crippen LogP contribution in [-0.4, -0.2) is 23.2 Å². The summed E-state index contributed by atoms with van der Waals surface area (Å²) in [5, 5.41) is 9.66. The van der Waals surface area contributed by atoms with Gasteiger partial charge in [-0.3, -0.25) is 0 Å². The van der Waals surface area contributed by atoms with Gasteiger partial charge in [-0.25, -0.2) is 4.98 Å². The molecule has 16 heavy (non-hydrogen) atoms. The summed E-state index contributed by atoms with van der Waals surface area (Å²) in [4.78, 5) is 6.63. The molecule has 0 spiro atoms. The zero-order chi connectivity index (χ0) is 11.5. The number of aliphatic hydroxyl groups is 1. The van der Waals surface area contributed by atoms with Crippen molar-refractivity contribution in [2.45, 2.75) is 26.4 Å². The van der Waals surface area contributed by atoms with E-state index in [1.165, 1.54) is 12.8 Å². The third-order valence-corrected chi connectivity index (χ3v) is 3.28. The molecule has 0 unspecified atom stereocenters. The van der Waals surface area contributed by atoms with Gasteiger partial charge in [-0.15, -0.1) is 0 Å². The van der Waals surface area contributed by atoms with E-state index in [2.05, 4.69) is 16.8 Å². The Hall–Kier alpha value is -0.800. The topological polar surface area (TPSA) is 36.4 Å². The van der Waals surface area contributed by atoms with Crippen molar-refractivity contribution >= 4 is 17.4 Å². The summed E-state index contributed by atoms with van der Waals surface area (Å²) in [5.41, 5.74) is 0.563. The van der Waals surface area contributed by atoms with E-state index in [9.17, 15) is 0 Å². The lowest BCUT2D eigenvalue weighted by atomic mass is 10.3. The van der Waals surface area contributed by atoms with Crippen LogP contribution in [0.5, 0.6) is 0 Å². The molecular weight excluding hydrogens is 224 g/mol. The first-order chi connectivity index (χ1) is 7.74. The van der Waals surface area contributed by atoms with Crippen LogP contribution in [0.4, 0.5) is 5.82 Å². The van der Waals surface area contributed by atoms with Crippen LogP contribution < -0.4 is 4.90 Å². The molecule has 2 rings (SSSR count). The van der Waals surface area contributed by atoms with Crippen LogP contribution in [0.25, 0.3) is 0 Å².